The summed E-state index contributed by atoms with van der Waals surface area (Å²) in [7, 11) is 3.29. The van der Waals surface area contributed by atoms with Crippen molar-refractivity contribution in [3.8, 4) is 11.5 Å². The van der Waals surface area contributed by atoms with Crippen molar-refractivity contribution >= 4 is 15.9 Å². The van der Waals surface area contributed by atoms with E-state index in [9.17, 15) is 0 Å². The highest BCUT2D eigenvalue weighted by atomic mass is 79.9. The summed E-state index contributed by atoms with van der Waals surface area (Å²) in [4.78, 5) is 2.42. The molecule has 0 bridgehead atoms. The number of hydrogen-bond acceptors (Lipinski definition) is 5. The van der Waals surface area contributed by atoms with E-state index in [4.69, 9.17) is 14.2 Å². The third-order valence-corrected chi connectivity index (χ3v) is 4.12. The van der Waals surface area contributed by atoms with Gasteiger partial charge in [0.2, 0.25) is 0 Å². The van der Waals surface area contributed by atoms with E-state index in [1.54, 1.807) is 14.2 Å². The molecule has 1 heterocycles. The molecule has 0 atom stereocenters. The number of methoxy groups -OCH3 is 2. The lowest BCUT2D eigenvalue weighted by Gasteiger charge is -2.26. The minimum absolute atomic E-state index is 0. The smallest absolute Gasteiger partial charge is 0.174 e. The van der Waals surface area contributed by atoms with Crippen molar-refractivity contribution in [2.24, 2.45) is 0 Å². The normalized spacial score (nSPS) is 14.6. The van der Waals surface area contributed by atoms with Gasteiger partial charge in [-0.1, -0.05) is 0 Å². The molecule has 0 amide bonds. The first-order valence-electron chi connectivity index (χ1n) is 7.16. The van der Waals surface area contributed by atoms with Crippen LogP contribution in [-0.2, 0) is 11.3 Å². The summed E-state index contributed by atoms with van der Waals surface area (Å²) in [5, 5.41) is 3.47. The average molecular weight is 430 g/mol. The van der Waals surface area contributed by atoms with Crippen molar-refractivity contribution in [2.75, 3.05) is 53.6 Å². The van der Waals surface area contributed by atoms with Crippen LogP contribution in [0.15, 0.2) is 16.6 Å². The summed E-state index contributed by atoms with van der Waals surface area (Å²) < 4.78 is 16.9. The van der Waals surface area contributed by atoms with Crippen molar-refractivity contribution in [3.63, 3.8) is 0 Å². The van der Waals surface area contributed by atoms with E-state index in [1.807, 2.05) is 6.07 Å². The maximum absolute atomic E-state index is 5.35. The van der Waals surface area contributed by atoms with Gasteiger partial charge in [0.15, 0.2) is 11.5 Å². The van der Waals surface area contributed by atoms with Crippen molar-refractivity contribution in [2.45, 2.75) is 6.54 Å². The first kappa shape index (κ1) is 22.8. The first-order valence-corrected chi connectivity index (χ1v) is 7.95. The Morgan fingerprint density at radius 3 is 2.48 bits per heavy atom. The van der Waals surface area contributed by atoms with Crippen LogP contribution in [0, 0.1) is 0 Å². The van der Waals surface area contributed by atoms with Crippen LogP contribution < -0.4 is 39.6 Å². The summed E-state index contributed by atoms with van der Waals surface area (Å²) in [6.45, 7) is 6.59. The lowest BCUT2D eigenvalue weighted by atomic mass is 10.2. The molecule has 5 nitrogen and oxygen atoms in total. The molecule has 0 saturated carbocycles. The summed E-state index contributed by atoms with van der Waals surface area (Å²) in [6.07, 6.45) is 0. The fraction of sp³-hybridized carbons (Fsp3) is 0.600. The molecule has 0 unspecified atom stereocenters. The van der Waals surface area contributed by atoms with Crippen LogP contribution in [0.25, 0.3) is 0 Å². The Hall–Kier alpha value is -0.240. The zero-order valence-electron chi connectivity index (χ0n) is 13.4. The topological polar surface area (TPSA) is 43.0 Å². The monoisotopic (exact) mass is 428 g/mol. The molecule has 0 radical (unpaired) electrons. The second-order valence-electron chi connectivity index (χ2n) is 4.94. The van der Waals surface area contributed by atoms with Gasteiger partial charge >= 0.3 is 0 Å². The van der Waals surface area contributed by atoms with Gasteiger partial charge in [-0.05, 0) is 33.6 Å². The third kappa shape index (κ3) is 7.03. The summed E-state index contributed by atoms with van der Waals surface area (Å²) in [5.41, 5.74) is 1.17. The standard InChI is InChI=1S/C15H23BrN2O3.2ClH/c1-19-14-10-12(9-13(16)15(14)20-2)11-17-3-4-18-5-7-21-8-6-18;;/h9-10,17H,3-8,11H2,1-2H3;2*1H/p-2. The van der Waals surface area contributed by atoms with Crippen LogP contribution in [0.5, 0.6) is 11.5 Å². The van der Waals surface area contributed by atoms with Gasteiger partial charge in [0.1, 0.15) is 0 Å². The molecule has 8 heteroatoms. The van der Waals surface area contributed by atoms with Crippen molar-refractivity contribution in [3.05, 3.63) is 22.2 Å². The van der Waals surface area contributed by atoms with Gasteiger partial charge < -0.3 is 44.3 Å². The molecule has 23 heavy (non-hydrogen) atoms. The average Bonchev–Trinajstić information content (AvgIpc) is 2.52. The van der Waals surface area contributed by atoms with Crippen LogP contribution >= 0.6 is 15.9 Å². The van der Waals surface area contributed by atoms with Gasteiger partial charge in [0.25, 0.3) is 0 Å². The highest BCUT2D eigenvalue weighted by Gasteiger charge is 2.11. The molecule has 0 aliphatic carbocycles. The molecule has 0 spiro atoms. The molecule has 1 N–H and O–H groups in total. The maximum Gasteiger partial charge on any atom is 0.174 e. The van der Waals surface area contributed by atoms with Crippen molar-refractivity contribution in [1.29, 1.82) is 0 Å². The Morgan fingerprint density at radius 1 is 1.17 bits per heavy atom. The van der Waals surface area contributed by atoms with E-state index in [-0.39, 0.29) is 24.8 Å². The van der Waals surface area contributed by atoms with E-state index < -0.39 is 0 Å². The molecule has 134 valence electrons. The first-order chi connectivity index (χ1) is 10.2. The van der Waals surface area contributed by atoms with Gasteiger partial charge in [0, 0.05) is 32.7 Å². The van der Waals surface area contributed by atoms with Gasteiger partial charge in [-0.15, -0.1) is 0 Å². The van der Waals surface area contributed by atoms with Crippen LogP contribution in [0.2, 0.25) is 0 Å². The molecule has 1 aliphatic heterocycles. The molecule has 1 aliphatic rings. The largest absolute Gasteiger partial charge is 1.00 e. The molecule has 1 fully saturated rings. The number of morpholine rings is 1. The second kappa shape index (κ2) is 12.2. The number of hydrogen-bond donors (Lipinski definition) is 1. The Bertz CT molecular complexity index is 461. The molecule has 0 aromatic heterocycles. The second-order valence-corrected chi connectivity index (χ2v) is 5.80. The SMILES string of the molecule is COc1cc(CNCCN2CCOCC2)cc(Br)c1OC.[Cl-].[Cl-]. The Balaban J connectivity index is 0.00000242. The quantitative estimate of drug-likeness (QED) is 0.446. The minimum Gasteiger partial charge on any atom is -1.00 e. The predicted molar refractivity (Wildman–Crippen MR) is 86.2 cm³/mol. The zero-order chi connectivity index (χ0) is 15.1. The fourth-order valence-corrected chi connectivity index (χ4v) is 3.02. The Kier molecular flexibility index (Phi) is 12.0. The molecule has 1 saturated heterocycles. The highest BCUT2D eigenvalue weighted by Crippen LogP contribution is 2.36. The highest BCUT2D eigenvalue weighted by molar-refractivity contribution is 9.10. The van der Waals surface area contributed by atoms with E-state index in [1.165, 1.54) is 5.56 Å². The van der Waals surface area contributed by atoms with E-state index >= 15 is 0 Å². The van der Waals surface area contributed by atoms with E-state index in [0.29, 0.717) is 0 Å². The van der Waals surface area contributed by atoms with Gasteiger partial charge in [-0.2, -0.15) is 0 Å². The zero-order valence-corrected chi connectivity index (χ0v) is 16.5. The van der Waals surface area contributed by atoms with Gasteiger partial charge in [0.05, 0.1) is 31.9 Å². The lowest BCUT2D eigenvalue weighted by Crippen LogP contribution is -3.00. The number of halogens is 3. The number of ether oxygens (including phenoxy) is 3. The number of rotatable bonds is 7. The van der Waals surface area contributed by atoms with Crippen molar-refractivity contribution in [1.82, 2.24) is 10.2 Å². The van der Waals surface area contributed by atoms with Crippen molar-refractivity contribution < 1.29 is 39.0 Å². The van der Waals surface area contributed by atoms with Gasteiger partial charge in [-0.25, -0.2) is 0 Å². The molecule has 2 rings (SSSR count). The summed E-state index contributed by atoms with van der Waals surface area (Å²) >= 11 is 3.52. The van der Waals surface area contributed by atoms with Crippen LogP contribution in [0.4, 0.5) is 0 Å². The predicted octanol–water partition coefficient (Wildman–Crippen LogP) is -4.10. The molecular weight excluding hydrogens is 407 g/mol. The summed E-state index contributed by atoms with van der Waals surface area (Å²) in [6, 6.07) is 4.06. The maximum atomic E-state index is 5.35. The third-order valence-electron chi connectivity index (χ3n) is 3.53. The minimum atomic E-state index is 0. The molecule has 1 aromatic rings. The van der Waals surface area contributed by atoms with E-state index in [2.05, 4.69) is 32.2 Å². The van der Waals surface area contributed by atoms with Crippen LogP contribution in [0.1, 0.15) is 5.56 Å². The fourth-order valence-electron chi connectivity index (χ4n) is 2.37. The van der Waals surface area contributed by atoms with Crippen LogP contribution in [-0.4, -0.2) is 58.5 Å². The Morgan fingerprint density at radius 2 is 1.87 bits per heavy atom. The summed E-state index contributed by atoms with van der Waals surface area (Å²) in [5.74, 6) is 1.48. The Labute approximate surface area is 159 Å². The number of nitrogens with zero attached hydrogens (tertiary/aromatic N) is 1. The molecule has 1 aromatic carbocycles. The number of benzene rings is 1. The van der Waals surface area contributed by atoms with Crippen LogP contribution in [0.3, 0.4) is 0 Å². The van der Waals surface area contributed by atoms with E-state index in [0.717, 1.165) is 61.9 Å². The number of nitrogens with one attached hydrogen (secondary N) is 1. The van der Waals surface area contributed by atoms with Gasteiger partial charge in [-0.3, -0.25) is 4.90 Å². The lowest BCUT2D eigenvalue weighted by molar-refractivity contribution is -0.00100. The molecular formula is C15H23BrCl2N2O3-2.